The monoisotopic (exact) mass is 380 g/mol. The van der Waals surface area contributed by atoms with Gasteiger partial charge in [0.1, 0.15) is 5.69 Å². The van der Waals surface area contributed by atoms with Crippen molar-refractivity contribution in [2.24, 2.45) is 0 Å². The average molecular weight is 381 g/mol. The van der Waals surface area contributed by atoms with E-state index < -0.39 is 0 Å². The van der Waals surface area contributed by atoms with Crippen molar-refractivity contribution in [2.75, 3.05) is 0 Å². The molecule has 6 heteroatoms. The zero-order chi connectivity index (χ0) is 18.6. The highest BCUT2D eigenvalue weighted by Crippen LogP contribution is 2.22. The number of nitrogens with one attached hydrogen (secondary N) is 2. The second-order valence-electron chi connectivity index (χ2n) is 6.81. The van der Waals surface area contributed by atoms with Gasteiger partial charge < -0.3 is 10.6 Å². The molecule has 1 aromatic heterocycles. The van der Waals surface area contributed by atoms with Gasteiger partial charge in [-0.25, -0.2) is 4.68 Å². The van der Waals surface area contributed by atoms with Gasteiger partial charge in [-0.3, -0.25) is 4.79 Å². The van der Waals surface area contributed by atoms with E-state index in [1.54, 1.807) is 16.9 Å². The molecule has 0 unspecified atom stereocenters. The van der Waals surface area contributed by atoms with E-state index in [2.05, 4.69) is 21.8 Å². The minimum Gasteiger partial charge on any atom is -0.348 e. The third-order valence-corrected chi connectivity index (χ3v) is 5.07. The molecule has 5 nitrogen and oxygen atoms in total. The minimum atomic E-state index is -0.0883. The van der Waals surface area contributed by atoms with Crippen LogP contribution in [0.3, 0.4) is 0 Å². The van der Waals surface area contributed by atoms with Crippen molar-refractivity contribution < 1.29 is 4.79 Å². The largest absolute Gasteiger partial charge is 0.348 e. The maximum Gasteiger partial charge on any atom is 0.270 e. The van der Waals surface area contributed by atoms with Crippen molar-refractivity contribution in [1.29, 1.82) is 0 Å². The molecule has 0 saturated heterocycles. The van der Waals surface area contributed by atoms with E-state index in [-0.39, 0.29) is 11.9 Å². The van der Waals surface area contributed by atoms with E-state index in [0.29, 0.717) is 11.7 Å². The number of aromatic nitrogens is 2. The number of carbonyl (C=O) groups excluding carboxylic acids is 1. The molecule has 4 rings (SSSR count). The van der Waals surface area contributed by atoms with Gasteiger partial charge in [0, 0.05) is 23.7 Å². The van der Waals surface area contributed by atoms with Crippen molar-refractivity contribution in [3.05, 3.63) is 83.1 Å². The van der Waals surface area contributed by atoms with Crippen molar-refractivity contribution in [1.82, 2.24) is 20.4 Å². The Morgan fingerprint density at radius 2 is 1.89 bits per heavy atom. The van der Waals surface area contributed by atoms with Gasteiger partial charge in [0.25, 0.3) is 5.91 Å². The zero-order valence-electron chi connectivity index (χ0n) is 14.8. The topological polar surface area (TPSA) is 59.0 Å². The predicted octanol–water partition coefficient (Wildman–Crippen LogP) is 3.58. The van der Waals surface area contributed by atoms with Crippen LogP contribution in [0.2, 0.25) is 5.02 Å². The first-order chi connectivity index (χ1) is 13.2. The van der Waals surface area contributed by atoms with Gasteiger partial charge in [-0.05, 0) is 48.7 Å². The quantitative estimate of drug-likeness (QED) is 0.687. The Balaban J connectivity index is 1.28. The molecule has 138 valence electrons. The van der Waals surface area contributed by atoms with E-state index >= 15 is 0 Å². The summed E-state index contributed by atoms with van der Waals surface area (Å²) in [6.45, 7) is 0.784. The molecule has 1 fully saturated rings. The summed E-state index contributed by atoms with van der Waals surface area (Å²) in [6, 6.07) is 19.9. The fourth-order valence-corrected chi connectivity index (χ4v) is 3.53. The van der Waals surface area contributed by atoms with Gasteiger partial charge >= 0.3 is 0 Å². The van der Waals surface area contributed by atoms with Crippen molar-refractivity contribution in [3.8, 4) is 5.69 Å². The summed E-state index contributed by atoms with van der Waals surface area (Å²) in [5.74, 6) is -0.0883. The van der Waals surface area contributed by atoms with E-state index in [1.807, 2.05) is 48.5 Å². The zero-order valence-corrected chi connectivity index (χ0v) is 15.6. The van der Waals surface area contributed by atoms with Gasteiger partial charge in [0.2, 0.25) is 0 Å². The fourth-order valence-electron chi connectivity index (χ4n) is 3.32. The summed E-state index contributed by atoms with van der Waals surface area (Å²) in [6.07, 6.45) is 3.50. The van der Waals surface area contributed by atoms with Crippen LogP contribution < -0.4 is 10.6 Å². The number of carbonyl (C=O) groups is 1. The first-order valence-electron chi connectivity index (χ1n) is 9.07. The predicted molar refractivity (Wildman–Crippen MR) is 106 cm³/mol. The summed E-state index contributed by atoms with van der Waals surface area (Å²) < 4.78 is 1.67. The Hall–Kier alpha value is -2.63. The average Bonchev–Trinajstić information content (AvgIpc) is 3.14. The van der Waals surface area contributed by atoms with E-state index in [1.165, 1.54) is 5.56 Å². The lowest BCUT2D eigenvalue weighted by molar-refractivity contribution is 0.0894. The van der Waals surface area contributed by atoms with Crippen LogP contribution in [0.25, 0.3) is 5.69 Å². The number of para-hydroxylation sites is 1. The molecule has 2 aromatic carbocycles. The van der Waals surface area contributed by atoms with Crippen molar-refractivity contribution in [2.45, 2.75) is 31.5 Å². The van der Waals surface area contributed by atoms with Crippen LogP contribution in [0.15, 0.2) is 66.9 Å². The van der Waals surface area contributed by atoms with E-state index in [9.17, 15) is 4.79 Å². The second kappa shape index (κ2) is 7.94. The first kappa shape index (κ1) is 17.8. The molecule has 1 aliphatic carbocycles. The normalized spacial score (nSPS) is 18.7. The third-order valence-electron chi connectivity index (χ3n) is 4.83. The number of hydrogen-bond acceptors (Lipinski definition) is 3. The van der Waals surface area contributed by atoms with Crippen LogP contribution in [-0.4, -0.2) is 27.8 Å². The van der Waals surface area contributed by atoms with Crippen LogP contribution in [0.4, 0.5) is 0 Å². The first-order valence-corrected chi connectivity index (χ1v) is 9.45. The number of halogens is 1. The number of nitrogens with zero attached hydrogens (tertiary/aromatic N) is 2. The van der Waals surface area contributed by atoms with Crippen LogP contribution in [0.1, 0.15) is 28.9 Å². The summed E-state index contributed by atoms with van der Waals surface area (Å²) >= 11 is 6.01. The molecule has 0 spiro atoms. The van der Waals surface area contributed by atoms with Crippen LogP contribution >= 0.6 is 11.6 Å². The van der Waals surface area contributed by atoms with Crippen LogP contribution in [0.5, 0.6) is 0 Å². The van der Waals surface area contributed by atoms with Crippen molar-refractivity contribution >= 4 is 17.5 Å². The lowest BCUT2D eigenvalue weighted by Crippen LogP contribution is -2.52. The van der Waals surface area contributed by atoms with Gasteiger partial charge in [-0.15, -0.1) is 0 Å². The molecule has 27 heavy (non-hydrogen) atoms. The molecule has 1 amide bonds. The van der Waals surface area contributed by atoms with Gasteiger partial charge in [0.05, 0.1) is 11.9 Å². The Kier molecular flexibility index (Phi) is 5.23. The Labute approximate surface area is 163 Å². The standard InChI is InChI=1S/C21H21ClN4O/c22-16-6-4-5-15(11-16)14-23-17-12-18(13-17)25-21(27)20-9-10-24-26(20)19-7-2-1-3-8-19/h1-11,17-18,23H,12-14H2,(H,25,27)/t17-,18-. The van der Waals surface area contributed by atoms with Gasteiger partial charge in [-0.1, -0.05) is 41.9 Å². The summed E-state index contributed by atoms with van der Waals surface area (Å²) in [5, 5.41) is 11.6. The summed E-state index contributed by atoms with van der Waals surface area (Å²) in [4.78, 5) is 12.6. The summed E-state index contributed by atoms with van der Waals surface area (Å²) in [5.41, 5.74) is 2.60. The number of benzene rings is 2. The van der Waals surface area contributed by atoms with Gasteiger partial charge in [-0.2, -0.15) is 5.10 Å². The molecule has 0 radical (unpaired) electrons. The molecule has 3 aromatic rings. The molecular weight excluding hydrogens is 360 g/mol. The lowest BCUT2D eigenvalue weighted by atomic mass is 9.86. The minimum absolute atomic E-state index is 0.0883. The molecule has 0 bridgehead atoms. The SMILES string of the molecule is O=C(N[C@H]1C[C@H](NCc2cccc(Cl)c2)C1)c1ccnn1-c1ccccc1. The number of hydrogen-bond donors (Lipinski definition) is 2. The third kappa shape index (κ3) is 4.21. The maximum absolute atomic E-state index is 12.6. The highest BCUT2D eigenvalue weighted by Gasteiger charge is 2.30. The lowest BCUT2D eigenvalue weighted by Gasteiger charge is -2.36. The highest BCUT2D eigenvalue weighted by atomic mass is 35.5. The Morgan fingerprint density at radius 3 is 2.67 bits per heavy atom. The Morgan fingerprint density at radius 1 is 1.07 bits per heavy atom. The fraction of sp³-hybridized carbons (Fsp3) is 0.238. The van der Waals surface area contributed by atoms with Crippen LogP contribution in [0, 0.1) is 0 Å². The van der Waals surface area contributed by atoms with E-state index in [0.717, 1.165) is 30.1 Å². The second-order valence-corrected chi connectivity index (χ2v) is 7.25. The molecule has 0 aliphatic heterocycles. The molecule has 1 aliphatic rings. The van der Waals surface area contributed by atoms with Crippen molar-refractivity contribution in [3.63, 3.8) is 0 Å². The molecular formula is C21H21ClN4O. The Bertz CT molecular complexity index is 919. The molecule has 0 atom stereocenters. The van der Waals surface area contributed by atoms with Crippen LogP contribution in [-0.2, 0) is 6.54 Å². The summed E-state index contributed by atoms with van der Waals surface area (Å²) in [7, 11) is 0. The maximum atomic E-state index is 12.6. The van der Waals surface area contributed by atoms with Gasteiger partial charge in [0.15, 0.2) is 0 Å². The molecule has 2 N–H and O–H groups in total. The molecule has 1 heterocycles. The highest BCUT2D eigenvalue weighted by molar-refractivity contribution is 6.30. The van der Waals surface area contributed by atoms with E-state index in [4.69, 9.17) is 11.6 Å². The number of rotatable bonds is 6. The number of amides is 1. The smallest absolute Gasteiger partial charge is 0.270 e. The molecule has 1 saturated carbocycles.